The van der Waals surface area contributed by atoms with Crippen LogP contribution in [0.15, 0.2) is 36.4 Å². The molecule has 2 rings (SSSR count). The van der Waals surface area contributed by atoms with Gasteiger partial charge in [-0.3, -0.25) is 0 Å². The van der Waals surface area contributed by atoms with Crippen molar-refractivity contribution >= 4 is 23.2 Å². The Morgan fingerprint density at radius 2 is 2.06 bits per heavy atom. The SMILES string of the molecule is COc1ccc2cccc(C(O)CN)c2c1.Cl. The van der Waals surface area contributed by atoms with Crippen molar-refractivity contribution < 1.29 is 9.84 Å². The van der Waals surface area contributed by atoms with Gasteiger partial charge in [0.05, 0.1) is 13.2 Å². The van der Waals surface area contributed by atoms with Gasteiger partial charge in [-0.2, -0.15) is 0 Å². The van der Waals surface area contributed by atoms with Gasteiger partial charge in [0.1, 0.15) is 5.75 Å². The maximum atomic E-state index is 9.83. The molecule has 0 aliphatic rings. The molecule has 2 aromatic carbocycles. The number of hydrogen-bond donors (Lipinski definition) is 2. The molecule has 0 aromatic heterocycles. The zero-order valence-corrected chi connectivity index (χ0v) is 10.4. The van der Waals surface area contributed by atoms with Crippen molar-refractivity contribution in [2.45, 2.75) is 6.10 Å². The van der Waals surface area contributed by atoms with Crippen molar-refractivity contribution in [3.8, 4) is 5.75 Å². The Morgan fingerprint density at radius 3 is 2.71 bits per heavy atom. The monoisotopic (exact) mass is 253 g/mol. The number of aliphatic hydroxyl groups is 1. The number of benzene rings is 2. The third kappa shape index (κ3) is 2.69. The number of aliphatic hydroxyl groups excluding tert-OH is 1. The van der Waals surface area contributed by atoms with Crippen molar-refractivity contribution in [2.75, 3.05) is 13.7 Å². The lowest BCUT2D eigenvalue weighted by molar-refractivity contribution is 0.188. The maximum absolute atomic E-state index is 9.83. The number of rotatable bonds is 3. The fourth-order valence-corrected chi connectivity index (χ4v) is 1.82. The molecular formula is C13H16ClNO2. The van der Waals surface area contributed by atoms with Crippen molar-refractivity contribution in [2.24, 2.45) is 5.73 Å². The lowest BCUT2D eigenvalue weighted by Crippen LogP contribution is -2.11. The Bertz CT molecular complexity index is 502. The Labute approximate surface area is 107 Å². The van der Waals surface area contributed by atoms with Crippen LogP contribution in [0.25, 0.3) is 10.8 Å². The van der Waals surface area contributed by atoms with E-state index in [0.717, 1.165) is 22.1 Å². The number of halogens is 1. The molecule has 3 N–H and O–H groups in total. The highest BCUT2D eigenvalue weighted by atomic mass is 35.5. The van der Waals surface area contributed by atoms with Gasteiger partial charge in [0.2, 0.25) is 0 Å². The molecule has 3 nitrogen and oxygen atoms in total. The van der Waals surface area contributed by atoms with E-state index in [-0.39, 0.29) is 19.0 Å². The highest BCUT2D eigenvalue weighted by Crippen LogP contribution is 2.27. The zero-order valence-electron chi connectivity index (χ0n) is 9.59. The largest absolute Gasteiger partial charge is 0.497 e. The fourth-order valence-electron chi connectivity index (χ4n) is 1.82. The predicted molar refractivity (Wildman–Crippen MR) is 71.8 cm³/mol. The average Bonchev–Trinajstić information content (AvgIpc) is 2.36. The van der Waals surface area contributed by atoms with Crippen molar-refractivity contribution in [3.63, 3.8) is 0 Å². The van der Waals surface area contributed by atoms with Crippen molar-refractivity contribution in [1.82, 2.24) is 0 Å². The molecule has 0 radical (unpaired) electrons. The van der Waals surface area contributed by atoms with E-state index < -0.39 is 6.10 Å². The highest BCUT2D eigenvalue weighted by molar-refractivity contribution is 5.87. The number of ether oxygens (including phenoxy) is 1. The second-order valence-corrected chi connectivity index (χ2v) is 3.69. The minimum absolute atomic E-state index is 0. The molecule has 4 heteroatoms. The molecule has 0 aliphatic heterocycles. The predicted octanol–water partition coefficient (Wildman–Crippen LogP) is 2.26. The number of hydrogen-bond acceptors (Lipinski definition) is 3. The summed E-state index contributed by atoms with van der Waals surface area (Å²) in [6, 6.07) is 11.6. The smallest absolute Gasteiger partial charge is 0.119 e. The summed E-state index contributed by atoms with van der Waals surface area (Å²) in [6.07, 6.45) is -0.629. The molecule has 0 fully saturated rings. The summed E-state index contributed by atoms with van der Waals surface area (Å²) in [5.74, 6) is 0.782. The first-order chi connectivity index (χ1) is 7.76. The zero-order chi connectivity index (χ0) is 11.5. The molecule has 0 heterocycles. The second-order valence-electron chi connectivity index (χ2n) is 3.69. The van der Waals surface area contributed by atoms with Crippen LogP contribution in [0.1, 0.15) is 11.7 Å². The van der Waals surface area contributed by atoms with Gasteiger partial charge >= 0.3 is 0 Å². The Balaban J connectivity index is 0.00000144. The molecule has 0 aliphatic carbocycles. The molecule has 0 amide bonds. The van der Waals surface area contributed by atoms with E-state index in [9.17, 15) is 5.11 Å². The van der Waals surface area contributed by atoms with E-state index >= 15 is 0 Å². The van der Waals surface area contributed by atoms with Crippen LogP contribution in [0, 0.1) is 0 Å². The summed E-state index contributed by atoms with van der Waals surface area (Å²) in [6.45, 7) is 0.219. The molecule has 0 spiro atoms. The molecule has 0 bridgehead atoms. The quantitative estimate of drug-likeness (QED) is 0.882. The van der Waals surface area contributed by atoms with Crippen LogP contribution in [0.5, 0.6) is 5.75 Å². The van der Waals surface area contributed by atoms with Gasteiger partial charge < -0.3 is 15.6 Å². The average molecular weight is 254 g/mol. The maximum Gasteiger partial charge on any atom is 0.119 e. The van der Waals surface area contributed by atoms with E-state index in [1.165, 1.54) is 0 Å². The van der Waals surface area contributed by atoms with Gasteiger partial charge in [-0.1, -0.05) is 24.3 Å². The lowest BCUT2D eigenvalue weighted by atomic mass is 10.0. The standard InChI is InChI=1S/C13H15NO2.ClH/c1-16-10-6-5-9-3-2-4-11(12(9)7-10)13(15)8-14;/h2-7,13,15H,8,14H2,1H3;1H. The highest BCUT2D eigenvalue weighted by Gasteiger charge is 2.09. The Morgan fingerprint density at radius 1 is 1.29 bits per heavy atom. The first-order valence-electron chi connectivity index (χ1n) is 5.21. The molecule has 92 valence electrons. The summed E-state index contributed by atoms with van der Waals surface area (Å²) < 4.78 is 5.18. The number of nitrogens with two attached hydrogens (primary N) is 1. The van der Waals surface area contributed by atoms with Gasteiger partial charge in [0.25, 0.3) is 0 Å². The topological polar surface area (TPSA) is 55.5 Å². The lowest BCUT2D eigenvalue weighted by Gasteiger charge is -2.12. The van der Waals surface area contributed by atoms with Crippen LogP contribution < -0.4 is 10.5 Å². The molecule has 2 aromatic rings. The normalized spacial score (nSPS) is 11.9. The third-order valence-electron chi connectivity index (χ3n) is 2.71. The Hall–Kier alpha value is -1.29. The van der Waals surface area contributed by atoms with Crippen molar-refractivity contribution in [3.05, 3.63) is 42.0 Å². The molecule has 1 unspecified atom stereocenters. The van der Waals surface area contributed by atoms with Crippen LogP contribution in [0.2, 0.25) is 0 Å². The summed E-state index contributed by atoms with van der Waals surface area (Å²) >= 11 is 0. The molecular weight excluding hydrogens is 238 g/mol. The van der Waals surface area contributed by atoms with Crippen LogP contribution in [0.4, 0.5) is 0 Å². The summed E-state index contributed by atoms with van der Waals surface area (Å²) in [7, 11) is 1.63. The van der Waals surface area contributed by atoms with Crippen molar-refractivity contribution in [1.29, 1.82) is 0 Å². The number of methoxy groups -OCH3 is 1. The van der Waals surface area contributed by atoms with Gasteiger partial charge in [-0.05, 0) is 28.5 Å². The molecule has 0 saturated heterocycles. The summed E-state index contributed by atoms with van der Waals surface area (Å²) in [4.78, 5) is 0. The van der Waals surface area contributed by atoms with Gasteiger partial charge in [-0.25, -0.2) is 0 Å². The summed E-state index contributed by atoms with van der Waals surface area (Å²) in [5, 5.41) is 11.9. The van der Waals surface area contributed by atoms with Crippen LogP contribution in [-0.4, -0.2) is 18.8 Å². The fraction of sp³-hybridized carbons (Fsp3) is 0.231. The molecule has 1 atom stereocenters. The second kappa shape index (κ2) is 5.87. The molecule has 17 heavy (non-hydrogen) atoms. The van der Waals surface area contributed by atoms with E-state index in [0.29, 0.717) is 0 Å². The Kier molecular flexibility index (Phi) is 4.75. The first kappa shape index (κ1) is 13.8. The minimum atomic E-state index is -0.629. The van der Waals surface area contributed by atoms with Crippen LogP contribution in [0.3, 0.4) is 0 Å². The van der Waals surface area contributed by atoms with Crippen LogP contribution in [-0.2, 0) is 0 Å². The van der Waals surface area contributed by atoms with Crippen LogP contribution >= 0.6 is 12.4 Å². The van der Waals surface area contributed by atoms with E-state index in [1.54, 1.807) is 7.11 Å². The minimum Gasteiger partial charge on any atom is -0.497 e. The van der Waals surface area contributed by atoms with Gasteiger partial charge in [0, 0.05) is 6.54 Å². The van der Waals surface area contributed by atoms with E-state index in [2.05, 4.69) is 0 Å². The van der Waals surface area contributed by atoms with Gasteiger partial charge in [-0.15, -0.1) is 12.4 Å². The summed E-state index contributed by atoms with van der Waals surface area (Å²) in [5.41, 5.74) is 6.33. The first-order valence-corrected chi connectivity index (χ1v) is 5.21. The number of fused-ring (bicyclic) bond motifs is 1. The van der Waals surface area contributed by atoms with Gasteiger partial charge in [0.15, 0.2) is 0 Å². The van der Waals surface area contributed by atoms with E-state index in [1.807, 2.05) is 36.4 Å². The third-order valence-corrected chi connectivity index (χ3v) is 2.71. The molecule has 0 saturated carbocycles. The van der Waals surface area contributed by atoms with E-state index in [4.69, 9.17) is 10.5 Å².